The Bertz CT molecular complexity index is 2110. The number of halogens is 6. The first kappa shape index (κ1) is 48.9. The van der Waals surface area contributed by atoms with Crippen LogP contribution in [-0.4, -0.2) is 19.9 Å². The summed E-state index contributed by atoms with van der Waals surface area (Å²) in [7, 11) is 0. The van der Waals surface area contributed by atoms with E-state index in [-0.39, 0.29) is 147 Å². The van der Waals surface area contributed by atoms with Gasteiger partial charge >= 0.3 is 22.4 Å². The molecule has 277 valence electrons. The van der Waals surface area contributed by atoms with Crippen LogP contribution in [0, 0.1) is 0 Å². The molecule has 4 aromatic carbocycles. The Morgan fingerprint density at radius 2 is 0.500 bits per heavy atom. The zero-order valence-corrected chi connectivity index (χ0v) is 40.9. The van der Waals surface area contributed by atoms with Crippen LogP contribution in [0.1, 0.15) is 22.3 Å². The summed E-state index contributed by atoms with van der Waals surface area (Å²) < 4.78 is 0. The number of nitrogens with zero attached hydrogens (tertiary/aromatic N) is 4. The second-order valence-electron chi connectivity index (χ2n) is 11.8. The molecule has 4 aromatic heterocycles. The minimum Gasteiger partial charge on any atom is -1.00 e. The van der Waals surface area contributed by atoms with Gasteiger partial charge in [-0.1, -0.05) is 72.8 Å². The molecule has 0 bridgehead atoms. The molecule has 12 heteroatoms. The number of aromatic nitrogens is 4. The molecule has 0 fully saturated rings. The molecule has 0 atom stereocenters. The molecule has 0 amide bonds. The fraction of sp³-hybridized carbons (Fsp3) is 0.100. The zero-order chi connectivity index (χ0) is 29.0. The SMILES string of the molecule is [Au+].[Au].[Br-].[Br-].[Br-].[Br-].[Br-].[Br-].c1ccc2nc3c(cc2c1)CCc1cc2ccccc2nc1-3.c1ccc2nc3c(cc2c1)CCc1cc2ccccc2nc1-3. The van der Waals surface area contributed by atoms with E-state index < -0.39 is 0 Å². The van der Waals surface area contributed by atoms with Crippen molar-refractivity contribution in [2.24, 2.45) is 0 Å². The topological polar surface area (TPSA) is 51.6 Å². The molecule has 0 unspecified atom stereocenters. The van der Waals surface area contributed by atoms with Crippen molar-refractivity contribution in [1.82, 2.24) is 19.9 Å². The van der Waals surface area contributed by atoms with Gasteiger partial charge in [0, 0.05) is 43.9 Å². The largest absolute Gasteiger partial charge is 1.00 e. The number of para-hydroxylation sites is 4. The van der Waals surface area contributed by atoms with Gasteiger partial charge in [-0.05, 0) is 96.5 Å². The number of hydrogen-bond acceptors (Lipinski definition) is 4. The summed E-state index contributed by atoms with van der Waals surface area (Å²) in [6, 6.07) is 42.4. The standard InChI is InChI=1S/2C20H14N2.2Au.6BrH/c2*1-3-7-17-13(5-1)11-15-9-10-16-12-14-6-2-4-8-18(14)22-20(16)19(15)21-17;;;;;;;;/h2*1-8,11-12H,9-10H2;;;6*1H/q;;;+1;;;;;;/p-6. The molecule has 2 aliphatic rings. The maximum Gasteiger partial charge on any atom is 1.00 e. The summed E-state index contributed by atoms with van der Waals surface area (Å²) in [5.41, 5.74) is 13.7. The molecule has 0 spiro atoms. The van der Waals surface area contributed by atoms with Gasteiger partial charge in [0.1, 0.15) is 0 Å². The molecule has 0 saturated carbocycles. The maximum atomic E-state index is 4.90. The second kappa shape index (κ2) is 21.3. The number of rotatable bonds is 0. The molecule has 0 saturated heterocycles. The quantitative estimate of drug-likeness (QED) is 0.142. The predicted octanol–water partition coefficient (Wildman–Crippen LogP) is -8.88. The Balaban J connectivity index is 0.000000451. The van der Waals surface area contributed by atoms with Gasteiger partial charge in [-0.2, -0.15) is 0 Å². The van der Waals surface area contributed by atoms with Crippen LogP contribution in [0.4, 0.5) is 0 Å². The Labute approximate surface area is 397 Å². The van der Waals surface area contributed by atoms with Crippen LogP contribution in [0.15, 0.2) is 121 Å². The maximum absolute atomic E-state index is 4.90. The summed E-state index contributed by atoms with van der Waals surface area (Å²) in [4.78, 5) is 19.6. The molecule has 10 rings (SSSR count). The Morgan fingerprint density at radius 3 is 0.712 bits per heavy atom. The molecule has 52 heavy (non-hydrogen) atoms. The van der Waals surface area contributed by atoms with E-state index in [1.165, 1.54) is 43.8 Å². The van der Waals surface area contributed by atoms with Gasteiger partial charge < -0.3 is 102 Å². The first-order chi connectivity index (χ1) is 21.8. The summed E-state index contributed by atoms with van der Waals surface area (Å²) in [6.45, 7) is 0. The van der Waals surface area contributed by atoms with E-state index >= 15 is 0 Å². The van der Waals surface area contributed by atoms with Crippen LogP contribution < -0.4 is 102 Å². The van der Waals surface area contributed by atoms with Crippen molar-refractivity contribution in [3.8, 4) is 22.8 Å². The van der Waals surface area contributed by atoms with Crippen molar-refractivity contribution in [3.63, 3.8) is 0 Å². The van der Waals surface area contributed by atoms with Crippen LogP contribution in [-0.2, 0) is 70.4 Å². The molecule has 0 N–H and O–H groups in total. The van der Waals surface area contributed by atoms with Gasteiger partial charge in [0.05, 0.1) is 44.8 Å². The average molecular weight is 1440 g/mol. The van der Waals surface area contributed by atoms with Crippen LogP contribution in [0.2, 0.25) is 0 Å². The van der Waals surface area contributed by atoms with Crippen molar-refractivity contribution in [3.05, 3.63) is 144 Å². The van der Waals surface area contributed by atoms with Gasteiger partial charge in [0.2, 0.25) is 0 Å². The van der Waals surface area contributed by atoms with Crippen LogP contribution in [0.3, 0.4) is 0 Å². The van der Waals surface area contributed by atoms with Crippen LogP contribution in [0.5, 0.6) is 0 Å². The Kier molecular flexibility index (Phi) is 20.0. The van der Waals surface area contributed by atoms with Gasteiger partial charge in [-0.25, -0.2) is 19.9 Å². The molecule has 8 aromatic rings. The average Bonchev–Trinajstić information content (AvgIpc) is 3.08. The molecule has 0 aliphatic heterocycles. The van der Waals surface area contributed by atoms with E-state index in [4.69, 9.17) is 19.9 Å². The van der Waals surface area contributed by atoms with Gasteiger partial charge in [-0.3, -0.25) is 0 Å². The summed E-state index contributed by atoms with van der Waals surface area (Å²) in [5.74, 6) is 0. The number of benzene rings is 4. The van der Waals surface area contributed by atoms with Crippen molar-refractivity contribution >= 4 is 43.6 Å². The summed E-state index contributed by atoms with van der Waals surface area (Å²) in [6.07, 6.45) is 4.17. The van der Waals surface area contributed by atoms with Gasteiger partial charge in [0.25, 0.3) is 0 Å². The molecule has 1 radical (unpaired) electrons. The van der Waals surface area contributed by atoms with E-state index in [0.717, 1.165) is 70.5 Å². The number of hydrogen-bond donors (Lipinski definition) is 0. The van der Waals surface area contributed by atoms with Gasteiger partial charge in [-0.15, -0.1) is 0 Å². The number of pyridine rings is 4. The third kappa shape index (κ3) is 9.45. The third-order valence-corrected chi connectivity index (χ3v) is 8.99. The van der Waals surface area contributed by atoms with E-state index in [2.05, 4.69) is 97.1 Å². The molecular weight excluding hydrogens is 1410 g/mol. The molecule has 4 nitrogen and oxygen atoms in total. The monoisotopic (exact) mass is 1430 g/mol. The molecule has 2 aliphatic carbocycles. The first-order valence-corrected chi connectivity index (χ1v) is 15.3. The van der Waals surface area contributed by atoms with Crippen molar-refractivity contribution in [2.45, 2.75) is 25.7 Å². The van der Waals surface area contributed by atoms with E-state index in [9.17, 15) is 0 Å². The summed E-state index contributed by atoms with van der Waals surface area (Å²) >= 11 is 0. The van der Waals surface area contributed by atoms with E-state index in [1.807, 2.05) is 24.3 Å². The number of aryl methyl sites for hydroxylation is 4. The Hall–Kier alpha value is -1.12. The molecular formula is C40H28Au2Br6N4-5. The smallest absolute Gasteiger partial charge is 1.00 e. The van der Waals surface area contributed by atoms with Crippen molar-refractivity contribution in [2.75, 3.05) is 0 Å². The molecule has 4 heterocycles. The van der Waals surface area contributed by atoms with Crippen molar-refractivity contribution < 1.29 is 147 Å². The first-order valence-electron chi connectivity index (χ1n) is 15.3. The number of fused-ring (bicyclic) bond motifs is 10. The fourth-order valence-corrected chi connectivity index (χ4v) is 6.76. The van der Waals surface area contributed by atoms with Crippen LogP contribution in [0.25, 0.3) is 66.4 Å². The summed E-state index contributed by atoms with van der Waals surface area (Å²) in [5, 5.41) is 4.85. The Morgan fingerprint density at radius 1 is 0.308 bits per heavy atom. The van der Waals surface area contributed by atoms with Crippen molar-refractivity contribution in [1.29, 1.82) is 0 Å². The minimum absolute atomic E-state index is 0. The second-order valence-corrected chi connectivity index (χ2v) is 11.8. The predicted molar refractivity (Wildman–Crippen MR) is 180 cm³/mol. The van der Waals surface area contributed by atoms with Crippen LogP contribution >= 0.6 is 0 Å². The zero-order valence-electron chi connectivity index (χ0n) is 27.0. The van der Waals surface area contributed by atoms with E-state index in [1.54, 1.807) is 0 Å². The fourth-order valence-electron chi connectivity index (χ4n) is 6.76. The van der Waals surface area contributed by atoms with Gasteiger partial charge in [0.15, 0.2) is 0 Å². The minimum atomic E-state index is 0. The third-order valence-electron chi connectivity index (χ3n) is 8.99. The van der Waals surface area contributed by atoms with E-state index in [0.29, 0.717) is 0 Å². The normalized spacial score (nSPS) is 11.1.